The number of nitrogens with one attached hydrogen (secondary N) is 1. The van der Waals surface area contributed by atoms with Gasteiger partial charge in [0.05, 0.1) is 0 Å². The van der Waals surface area contributed by atoms with Gasteiger partial charge in [-0.3, -0.25) is 4.90 Å². The average molecular weight is 355 g/mol. The summed E-state index contributed by atoms with van der Waals surface area (Å²) in [4.78, 5) is 2.52. The molecule has 0 aliphatic carbocycles. The summed E-state index contributed by atoms with van der Waals surface area (Å²) in [5, 5.41) is 3.40. The maximum atomic E-state index is 5.83. The summed E-state index contributed by atoms with van der Waals surface area (Å²) < 4.78 is 5.83. The molecular weight excluding hydrogens is 331 g/mol. The molecule has 1 fully saturated rings. The molecule has 0 amide bonds. The Kier molecular flexibility index (Phi) is 8.42. The molecule has 3 nitrogen and oxygen atoms in total. The zero-order valence-corrected chi connectivity index (χ0v) is 14.9. The van der Waals surface area contributed by atoms with E-state index >= 15 is 0 Å². The molecule has 0 bridgehead atoms. The maximum Gasteiger partial charge on any atom is 0.127 e. The van der Waals surface area contributed by atoms with Gasteiger partial charge in [0.2, 0.25) is 0 Å². The second kappa shape index (κ2) is 9.78. The molecule has 126 valence electrons. The van der Waals surface area contributed by atoms with Crippen LogP contribution in [0.4, 0.5) is 0 Å². The number of benzene rings is 2. The van der Waals surface area contributed by atoms with Gasteiger partial charge in [0.15, 0.2) is 0 Å². The van der Waals surface area contributed by atoms with Crippen LogP contribution in [-0.4, -0.2) is 31.1 Å². The third-order valence-corrected chi connectivity index (χ3v) is 4.04. The van der Waals surface area contributed by atoms with Gasteiger partial charge in [-0.25, -0.2) is 0 Å². The highest BCUT2D eigenvalue weighted by Gasteiger charge is 2.17. The van der Waals surface area contributed by atoms with E-state index < -0.39 is 0 Å². The molecule has 3 rings (SSSR count). The summed E-state index contributed by atoms with van der Waals surface area (Å²) in [6.45, 7) is 6.67. The van der Waals surface area contributed by atoms with Gasteiger partial charge in [-0.2, -0.15) is 0 Å². The Balaban J connectivity index is 0.00000132. The quantitative estimate of drug-likeness (QED) is 0.886. The van der Waals surface area contributed by atoms with Gasteiger partial charge in [-0.05, 0) is 36.8 Å². The van der Waals surface area contributed by atoms with Gasteiger partial charge in [0.1, 0.15) is 11.5 Å². The fourth-order valence-corrected chi connectivity index (χ4v) is 2.72. The fraction of sp³-hybridized carbons (Fsp3) is 0.333. The van der Waals surface area contributed by atoms with E-state index in [0.29, 0.717) is 6.04 Å². The van der Waals surface area contributed by atoms with Crippen molar-refractivity contribution in [3.05, 3.63) is 60.2 Å². The molecule has 1 saturated heterocycles. The highest BCUT2D eigenvalue weighted by Crippen LogP contribution is 2.25. The first-order valence-electron chi connectivity index (χ1n) is 7.60. The molecule has 0 spiro atoms. The summed E-state index contributed by atoms with van der Waals surface area (Å²) >= 11 is 0. The molecule has 1 heterocycles. The molecule has 2 aromatic rings. The molecule has 0 saturated carbocycles. The van der Waals surface area contributed by atoms with Crippen LogP contribution in [0.2, 0.25) is 0 Å². The van der Waals surface area contributed by atoms with E-state index in [0.717, 1.165) is 37.7 Å². The normalized spacial score (nSPS) is 15.9. The minimum Gasteiger partial charge on any atom is -0.457 e. The van der Waals surface area contributed by atoms with Crippen molar-refractivity contribution in [2.24, 2.45) is 0 Å². The van der Waals surface area contributed by atoms with E-state index in [2.05, 4.69) is 41.4 Å². The summed E-state index contributed by atoms with van der Waals surface area (Å²) in [7, 11) is 0. The average Bonchev–Trinajstić information content (AvgIpc) is 2.57. The van der Waals surface area contributed by atoms with Crippen LogP contribution in [0.1, 0.15) is 18.5 Å². The predicted octanol–water partition coefficient (Wildman–Crippen LogP) is 4.29. The minimum atomic E-state index is 0. The highest BCUT2D eigenvalue weighted by molar-refractivity contribution is 5.85. The molecule has 1 aliphatic heterocycles. The molecule has 0 unspecified atom stereocenters. The van der Waals surface area contributed by atoms with Crippen LogP contribution in [0.3, 0.4) is 0 Å². The van der Waals surface area contributed by atoms with E-state index in [1.54, 1.807) is 0 Å². The Morgan fingerprint density at radius 2 is 1.43 bits per heavy atom. The van der Waals surface area contributed by atoms with Crippen LogP contribution >= 0.6 is 24.8 Å². The second-order valence-electron chi connectivity index (χ2n) is 5.45. The van der Waals surface area contributed by atoms with Crippen LogP contribution in [0.25, 0.3) is 0 Å². The van der Waals surface area contributed by atoms with E-state index in [-0.39, 0.29) is 24.8 Å². The highest BCUT2D eigenvalue weighted by atomic mass is 35.5. The SMILES string of the molecule is C[C@H](c1ccc(Oc2ccccc2)cc1)N1CCNCC1.Cl.Cl. The number of para-hydroxylation sites is 1. The smallest absolute Gasteiger partial charge is 0.127 e. The Labute approximate surface area is 150 Å². The van der Waals surface area contributed by atoms with Gasteiger partial charge in [0, 0.05) is 32.2 Å². The van der Waals surface area contributed by atoms with Crippen molar-refractivity contribution in [1.29, 1.82) is 0 Å². The van der Waals surface area contributed by atoms with Crippen molar-refractivity contribution in [3.8, 4) is 11.5 Å². The maximum absolute atomic E-state index is 5.83. The molecule has 23 heavy (non-hydrogen) atoms. The summed E-state index contributed by atoms with van der Waals surface area (Å²) in [5.41, 5.74) is 1.34. The number of piperazine rings is 1. The first-order chi connectivity index (χ1) is 10.3. The van der Waals surface area contributed by atoms with Gasteiger partial charge in [-0.15, -0.1) is 24.8 Å². The van der Waals surface area contributed by atoms with E-state index in [1.165, 1.54) is 5.56 Å². The summed E-state index contributed by atoms with van der Waals surface area (Å²) in [5.74, 6) is 1.76. The molecule has 1 aliphatic rings. The standard InChI is InChI=1S/C18H22N2O.2ClH/c1-15(20-13-11-19-12-14-20)16-7-9-18(10-8-16)21-17-5-3-2-4-6-17;;/h2-10,15,19H,11-14H2,1H3;2*1H/t15-;;/m1../s1. The van der Waals surface area contributed by atoms with Crippen molar-refractivity contribution in [3.63, 3.8) is 0 Å². The Morgan fingerprint density at radius 1 is 0.870 bits per heavy atom. The first-order valence-corrected chi connectivity index (χ1v) is 7.60. The third-order valence-electron chi connectivity index (χ3n) is 4.04. The molecule has 1 atom stereocenters. The van der Waals surface area contributed by atoms with E-state index in [1.807, 2.05) is 30.3 Å². The minimum absolute atomic E-state index is 0. The van der Waals surface area contributed by atoms with Crippen LogP contribution in [-0.2, 0) is 0 Å². The first kappa shape index (κ1) is 19.8. The molecule has 5 heteroatoms. The third kappa shape index (κ3) is 5.40. The number of halogens is 2. The lowest BCUT2D eigenvalue weighted by Crippen LogP contribution is -2.44. The van der Waals surface area contributed by atoms with Crippen molar-refractivity contribution < 1.29 is 4.74 Å². The number of nitrogens with zero attached hydrogens (tertiary/aromatic N) is 1. The zero-order valence-electron chi connectivity index (χ0n) is 13.3. The fourth-order valence-electron chi connectivity index (χ4n) is 2.72. The lowest BCUT2D eigenvalue weighted by Gasteiger charge is -2.33. The second-order valence-corrected chi connectivity index (χ2v) is 5.45. The lowest BCUT2D eigenvalue weighted by atomic mass is 10.1. The van der Waals surface area contributed by atoms with Crippen LogP contribution in [0.5, 0.6) is 11.5 Å². The number of hydrogen-bond donors (Lipinski definition) is 1. The topological polar surface area (TPSA) is 24.5 Å². The Morgan fingerprint density at radius 3 is 2.04 bits per heavy atom. The molecule has 1 N–H and O–H groups in total. The summed E-state index contributed by atoms with van der Waals surface area (Å²) in [6, 6.07) is 18.8. The van der Waals surface area contributed by atoms with Crippen LogP contribution in [0, 0.1) is 0 Å². The molecule has 2 aromatic carbocycles. The Bertz CT molecular complexity index is 557. The van der Waals surface area contributed by atoms with Crippen LogP contribution in [0.15, 0.2) is 54.6 Å². The van der Waals surface area contributed by atoms with Gasteiger partial charge >= 0.3 is 0 Å². The number of hydrogen-bond acceptors (Lipinski definition) is 3. The van der Waals surface area contributed by atoms with Gasteiger partial charge in [0.25, 0.3) is 0 Å². The zero-order chi connectivity index (χ0) is 14.5. The monoisotopic (exact) mass is 354 g/mol. The van der Waals surface area contributed by atoms with E-state index in [9.17, 15) is 0 Å². The van der Waals surface area contributed by atoms with Crippen LogP contribution < -0.4 is 10.1 Å². The van der Waals surface area contributed by atoms with Crippen molar-refractivity contribution in [2.45, 2.75) is 13.0 Å². The molecule has 0 aromatic heterocycles. The molecular formula is C18H24Cl2N2O. The number of ether oxygens (including phenoxy) is 1. The lowest BCUT2D eigenvalue weighted by molar-refractivity contribution is 0.185. The van der Waals surface area contributed by atoms with Crippen molar-refractivity contribution in [1.82, 2.24) is 10.2 Å². The van der Waals surface area contributed by atoms with Crippen molar-refractivity contribution >= 4 is 24.8 Å². The molecule has 0 radical (unpaired) electrons. The predicted molar refractivity (Wildman–Crippen MR) is 100 cm³/mol. The largest absolute Gasteiger partial charge is 0.457 e. The number of rotatable bonds is 4. The Hall–Kier alpha value is -1.26. The van der Waals surface area contributed by atoms with Gasteiger partial charge < -0.3 is 10.1 Å². The summed E-state index contributed by atoms with van der Waals surface area (Å²) in [6.07, 6.45) is 0. The van der Waals surface area contributed by atoms with Crippen molar-refractivity contribution in [2.75, 3.05) is 26.2 Å². The van der Waals surface area contributed by atoms with Gasteiger partial charge in [-0.1, -0.05) is 30.3 Å². The van der Waals surface area contributed by atoms with E-state index in [4.69, 9.17) is 4.74 Å².